The molecule has 0 spiro atoms. The molecule has 0 amide bonds. The van der Waals surface area contributed by atoms with Gasteiger partial charge in [-0.2, -0.15) is 4.39 Å². The Hall–Kier alpha value is -1.92. The summed E-state index contributed by atoms with van der Waals surface area (Å²) in [7, 11) is 1.89. The quantitative estimate of drug-likeness (QED) is 0.502. The minimum absolute atomic E-state index is 0.486. The highest BCUT2D eigenvalue weighted by Crippen LogP contribution is 2.26. The Kier molecular flexibility index (Phi) is 5.30. The number of benzene rings is 2. The molecule has 6 heteroatoms. The number of hydrogen-bond donors (Lipinski definition) is 1. The van der Waals surface area contributed by atoms with Gasteiger partial charge < -0.3 is 5.32 Å². The zero-order chi connectivity index (χ0) is 15.2. The number of nitrogens with zero attached hydrogens (tertiary/aromatic N) is 1. The van der Waals surface area contributed by atoms with Crippen LogP contribution in [0.1, 0.15) is 11.1 Å². The maximum Gasteiger partial charge on any atom is 0.304 e. The molecular weight excluding hydrogens is 291 g/mol. The summed E-state index contributed by atoms with van der Waals surface area (Å²) in [6, 6.07) is 12.1. The summed E-state index contributed by atoms with van der Waals surface area (Å²) in [6.45, 7) is 0.792. The zero-order valence-corrected chi connectivity index (χ0v) is 12.3. The molecule has 0 aromatic heterocycles. The molecule has 4 nitrogen and oxygen atoms in total. The van der Waals surface area contributed by atoms with Gasteiger partial charge in [-0.3, -0.25) is 10.1 Å². The van der Waals surface area contributed by atoms with Gasteiger partial charge in [0.1, 0.15) is 0 Å². The number of nitro benzene ring substituents is 1. The second-order valence-electron chi connectivity index (χ2n) is 4.51. The minimum atomic E-state index is -0.790. The summed E-state index contributed by atoms with van der Waals surface area (Å²) in [5, 5.41) is 13.7. The van der Waals surface area contributed by atoms with E-state index in [0.717, 1.165) is 17.0 Å². The Morgan fingerprint density at radius 2 is 2.05 bits per heavy atom. The fourth-order valence-electron chi connectivity index (χ4n) is 1.90. The van der Waals surface area contributed by atoms with Gasteiger partial charge in [-0.15, -0.1) is 11.8 Å². The molecular formula is C15H15FN2O2S. The van der Waals surface area contributed by atoms with Crippen molar-refractivity contribution in [1.82, 2.24) is 5.32 Å². The summed E-state index contributed by atoms with van der Waals surface area (Å²) in [5.41, 5.74) is 1.42. The van der Waals surface area contributed by atoms with E-state index in [2.05, 4.69) is 11.4 Å². The Morgan fingerprint density at radius 3 is 2.71 bits per heavy atom. The van der Waals surface area contributed by atoms with E-state index in [0.29, 0.717) is 5.75 Å². The molecule has 0 saturated heterocycles. The van der Waals surface area contributed by atoms with Crippen molar-refractivity contribution >= 4 is 17.4 Å². The van der Waals surface area contributed by atoms with E-state index in [-0.39, 0.29) is 0 Å². The van der Waals surface area contributed by atoms with Gasteiger partial charge in [-0.1, -0.05) is 18.2 Å². The van der Waals surface area contributed by atoms with Gasteiger partial charge in [0.25, 0.3) is 0 Å². The van der Waals surface area contributed by atoms with Gasteiger partial charge in [0, 0.05) is 23.3 Å². The Morgan fingerprint density at radius 1 is 1.24 bits per heavy atom. The van der Waals surface area contributed by atoms with E-state index < -0.39 is 16.4 Å². The molecule has 0 aliphatic carbocycles. The van der Waals surface area contributed by atoms with Gasteiger partial charge in [0.15, 0.2) is 0 Å². The number of nitro groups is 1. The highest BCUT2D eigenvalue weighted by atomic mass is 32.2. The van der Waals surface area contributed by atoms with Crippen LogP contribution in [0.25, 0.3) is 0 Å². The Balaban J connectivity index is 2.04. The highest BCUT2D eigenvalue weighted by Gasteiger charge is 2.13. The van der Waals surface area contributed by atoms with Crippen molar-refractivity contribution in [2.45, 2.75) is 17.2 Å². The topological polar surface area (TPSA) is 55.2 Å². The molecule has 0 heterocycles. The first-order valence-corrected chi connectivity index (χ1v) is 7.38. The third-order valence-electron chi connectivity index (χ3n) is 2.89. The van der Waals surface area contributed by atoms with Crippen LogP contribution in [-0.2, 0) is 12.3 Å². The Bertz CT molecular complexity index is 649. The van der Waals surface area contributed by atoms with Crippen molar-refractivity contribution in [1.29, 1.82) is 0 Å². The number of nitrogens with one attached hydrogen (secondary N) is 1. The first-order valence-electron chi connectivity index (χ1n) is 6.39. The van der Waals surface area contributed by atoms with E-state index in [9.17, 15) is 14.5 Å². The molecule has 0 atom stereocenters. The molecule has 1 N–H and O–H groups in total. The molecule has 2 rings (SSSR count). The molecule has 2 aromatic rings. The summed E-state index contributed by atoms with van der Waals surface area (Å²) < 4.78 is 13.5. The molecule has 21 heavy (non-hydrogen) atoms. The first-order chi connectivity index (χ1) is 10.1. The SMILES string of the molecule is CNCc1cccc(SCc2ccc([N+](=O)[O-])c(F)c2)c1. The number of rotatable bonds is 6. The van der Waals surface area contributed by atoms with Crippen molar-refractivity contribution in [3.63, 3.8) is 0 Å². The largest absolute Gasteiger partial charge is 0.316 e. The standard InChI is InChI=1S/C15H15FN2O2S/c1-17-9-11-3-2-4-13(7-11)21-10-12-5-6-15(18(19)20)14(16)8-12/h2-8,17H,9-10H2,1H3. The molecule has 0 unspecified atom stereocenters. The molecule has 110 valence electrons. The van der Waals surface area contributed by atoms with E-state index in [1.807, 2.05) is 25.2 Å². The molecule has 0 aliphatic heterocycles. The molecule has 2 aromatic carbocycles. The van der Waals surface area contributed by atoms with Crippen LogP contribution < -0.4 is 5.32 Å². The van der Waals surface area contributed by atoms with Crippen LogP contribution in [0.2, 0.25) is 0 Å². The van der Waals surface area contributed by atoms with Gasteiger partial charge in [-0.05, 0) is 36.4 Å². The second-order valence-corrected chi connectivity index (χ2v) is 5.56. The lowest BCUT2D eigenvalue weighted by Crippen LogP contribution is -2.04. The van der Waals surface area contributed by atoms with Crippen LogP contribution in [0.15, 0.2) is 47.4 Å². The first kappa shape index (κ1) is 15.5. The smallest absolute Gasteiger partial charge is 0.304 e. The lowest BCUT2D eigenvalue weighted by molar-refractivity contribution is -0.387. The van der Waals surface area contributed by atoms with Crippen molar-refractivity contribution in [3.8, 4) is 0 Å². The summed E-state index contributed by atoms with van der Waals surface area (Å²) in [4.78, 5) is 10.9. The molecule has 0 saturated carbocycles. The predicted molar refractivity (Wildman–Crippen MR) is 81.8 cm³/mol. The maximum atomic E-state index is 13.5. The van der Waals surface area contributed by atoms with Crippen LogP contribution in [0, 0.1) is 15.9 Å². The van der Waals surface area contributed by atoms with Gasteiger partial charge in [0.05, 0.1) is 4.92 Å². The van der Waals surface area contributed by atoms with Crippen molar-refractivity contribution < 1.29 is 9.31 Å². The molecule has 0 aliphatic rings. The third-order valence-corrected chi connectivity index (χ3v) is 3.96. The van der Waals surface area contributed by atoms with E-state index in [1.165, 1.54) is 17.7 Å². The average Bonchev–Trinajstić information content (AvgIpc) is 2.45. The maximum absolute atomic E-state index is 13.5. The normalized spacial score (nSPS) is 10.6. The molecule has 0 bridgehead atoms. The Labute approximate surface area is 126 Å². The number of hydrogen-bond acceptors (Lipinski definition) is 4. The zero-order valence-electron chi connectivity index (χ0n) is 11.5. The summed E-state index contributed by atoms with van der Waals surface area (Å²) >= 11 is 1.57. The monoisotopic (exact) mass is 306 g/mol. The number of halogens is 1. The van der Waals surface area contributed by atoms with Gasteiger partial charge in [-0.25, -0.2) is 0 Å². The van der Waals surface area contributed by atoms with E-state index in [1.54, 1.807) is 17.8 Å². The van der Waals surface area contributed by atoms with Crippen LogP contribution >= 0.6 is 11.8 Å². The fourth-order valence-corrected chi connectivity index (χ4v) is 2.83. The third kappa shape index (κ3) is 4.27. The average molecular weight is 306 g/mol. The van der Waals surface area contributed by atoms with Crippen LogP contribution in [0.5, 0.6) is 0 Å². The van der Waals surface area contributed by atoms with Crippen LogP contribution in [0.3, 0.4) is 0 Å². The van der Waals surface area contributed by atoms with Crippen molar-refractivity contribution in [2.24, 2.45) is 0 Å². The van der Waals surface area contributed by atoms with E-state index >= 15 is 0 Å². The predicted octanol–water partition coefficient (Wildman–Crippen LogP) is 3.75. The summed E-state index contributed by atoms with van der Waals surface area (Å²) in [5.74, 6) is -0.222. The van der Waals surface area contributed by atoms with Crippen molar-refractivity contribution in [3.05, 3.63) is 69.5 Å². The molecule has 0 fully saturated rings. The van der Waals surface area contributed by atoms with Crippen molar-refractivity contribution in [2.75, 3.05) is 7.05 Å². The highest BCUT2D eigenvalue weighted by molar-refractivity contribution is 7.98. The lowest BCUT2D eigenvalue weighted by atomic mass is 10.2. The van der Waals surface area contributed by atoms with E-state index in [4.69, 9.17) is 0 Å². The second kappa shape index (κ2) is 7.19. The van der Waals surface area contributed by atoms with Crippen LogP contribution in [0.4, 0.5) is 10.1 Å². The number of thioether (sulfide) groups is 1. The molecule has 0 radical (unpaired) electrons. The van der Waals surface area contributed by atoms with Gasteiger partial charge >= 0.3 is 5.69 Å². The van der Waals surface area contributed by atoms with Crippen LogP contribution in [-0.4, -0.2) is 12.0 Å². The lowest BCUT2D eigenvalue weighted by Gasteiger charge is -2.05. The fraction of sp³-hybridized carbons (Fsp3) is 0.200. The van der Waals surface area contributed by atoms with Gasteiger partial charge in [0.2, 0.25) is 5.82 Å². The summed E-state index contributed by atoms with van der Waals surface area (Å²) in [6.07, 6.45) is 0. The minimum Gasteiger partial charge on any atom is -0.316 e.